The Bertz CT molecular complexity index is 1000. The summed E-state index contributed by atoms with van der Waals surface area (Å²) in [5, 5.41) is 4.01. The number of ether oxygens (including phenoxy) is 1. The molecule has 24 heavy (non-hydrogen) atoms. The smallest absolute Gasteiger partial charge is 0.264 e. The second kappa shape index (κ2) is 5.81. The van der Waals surface area contributed by atoms with E-state index in [2.05, 4.69) is 15.1 Å². The van der Waals surface area contributed by atoms with Crippen LogP contribution in [0, 0.1) is 13.8 Å². The summed E-state index contributed by atoms with van der Waals surface area (Å²) < 4.78 is 16.4. The number of aryl methyl sites for hydroxylation is 2. The first-order valence-electron chi connectivity index (χ1n) is 7.57. The minimum atomic E-state index is 0.224. The molecule has 0 unspecified atom stereocenters. The van der Waals surface area contributed by atoms with Crippen LogP contribution in [0.2, 0.25) is 0 Å². The Labute approximate surface area is 138 Å². The Morgan fingerprint density at radius 1 is 1.04 bits per heavy atom. The molecule has 0 atom stereocenters. The summed E-state index contributed by atoms with van der Waals surface area (Å²) in [6.45, 7) is 4.05. The van der Waals surface area contributed by atoms with Gasteiger partial charge in [-0.3, -0.25) is 0 Å². The van der Waals surface area contributed by atoms with Gasteiger partial charge in [0.25, 0.3) is 5.89 Å². The molecule has 0 aliphatic rings. The molecule has 0 aliphatic heterocycles. The topological polar surface area (TPSA) is 74.2 Å². The Morgan fingerprint density at radius 2 is 1.96 bits per heavy atom. The second-order valence-corrected chi connectivity index (χ2v) is 5.53. The lowest BCUT2D eigenvalue weighted by Crippen LogP contribution is -1.95. The van der Waals surface area contributed by atoms with E-state index in [1.807, 2.05) is 56.3 Å². The highest BCUT2D eigenvalue weighted by Crippen LogP contribution is 2.23. The molecule has 4 rings (SSSR count). The van der Waals surface area contributed by atoms with Crippen LogP contribution >= 0.6 is 0 Å². The van der Waals surface area contributed by atoms with E-state index in [1.54, 1.807) is 0 Å². The lowest BCUT2D eigenvalue weighted by atomic mass is 10.2. The van der Waals surface area contributed by atoms with Crippen LogP contribution in [0.5, 0.6) is 5.75 Å². The van der Waals surface area contributed by atoms with Crippen molar-refractivity contribution in [2.45, 2.75) is 20.5 Å². The van der Waals surface area contributed by atoms with Crippen molar-refractivity contribution in [1.82, 2.24) is 15.1 Å². The summed E-state index contributed by atoms with van der Waals surface area (Å²) >= 11 is 0. The monoisotopic (exact) mass is 321 g/mol. The third-order valence-corrected chi connectivity index (χ3v) is 3.57. The van der Waals surface area contributed by atoms with Crippen molar-refractivity contribution < 1.29 is 13.7 Å². The first-order valence-corrected chi connectivity index (χ1v) is 7.57. The lowest BCUT2D eigenvalue weighted by molar-refractivity contribution is 0.243. The molecule has 2 heterocycles. The van der Waals surface area contributed by atoms with Crippen LogP contribution in [0.25, 0.3) is 22.5 Å². The molecule has 0 aliphatic carbocycles. The Hall–Kier alpha value is -3.15. The van der Waals surface area contributed by atoms with Crippen molar-refractivity contribution in [2.24, 2.45) is 0 Å². The molecule has 0 radical (unpaired) electrons. The third-order valence-electron chi connectivity index (χ3n) is 3.57. The molecule has 0 saturated heterocycles. The fourth-order valence-electron chi connectivity index (χ4n) is 2.46. The van der Waals surface area contributed by atoms with Crippen LogP contribution in [0.15, 0.2) is 51.4 Å². The quantitative estimate of drug-likeness (QED) is 0.564. The first kappa shape index (κ1) is 14.4. The number of rotatable bonds is 4. The predicted molar refractivity (Wildman–Crippen MR) is 87.5 cm³/mol. The number of benzene rings is 2. The zero-order valence-corrected chi connectivity index (χ0v) is 13.3. The lowest BCUT2D eigenvalue weighted by Gasteiger charge is -2.03. The molecule has 2 aromatic heterocycles. The van der Waals surface area contributed by atoms with Crippen molar-refractivity contribution >= 4 is 11.1 Å². The second-order valence-electron chi connectivity index (χ2n) is 5.53. The highest BCUT2D eigenvalue weighted by Gasteiger charge is 2.11. The van der Waals surface area contributed by atoms with E-state index < -0.39 is 0 Å². The molecule has 4 aromatic rings. The number of hydrogen-bond donors (Lipinski definition) is 0. The van der Waals surface area contributed by atoms with Gasteiger partial charge in [-0.1, -0.05) is 17.3 Å². The zero-order valence-electron chi connectivity index (χ0n) is 13.3. The van der Waals surface area contributed by atoms with E-state index in [4.69, 9.17) is 13.7 Å². The molecule has 0 spiro atoms. The van der Waals surface area contributed by atoms with Crippen molar-refractivity contribution in [3.63, 3.8) is 0 Å². The standard InChI is InChI=1S/C18H15N3O3/c1-11-4-3-5-14(8-11)22-10-17-20-18(21-24-17)13-6-7-16-15(9-13)19-12(2)23-16/h3-9H,10H2,1-2H3. The van der Waals surface area contributed by atoms with Gasteiger partial charge in [0.1, 0.15) is 11.3 Å². The molecule has 0 saturated carbocycles. The van der Waals surface area contributed by atoms with Gasteiger partial charge in [-0.2, -0.15) is 4.98 Å². The molecule has 6 heteroatoms. The highest BCUT2D eigenvalue weighted by molar-refractivity contribution is 5.78. The largest absolute Gasteiger partial charge is 0.484 e. The van der Waals surface area contributed by atoms with Crippen molar-refractivity contribution in [3.8, 4) is 17.1 Å². The molecule has 0 bridgehead atoms. The van der Waals surface area contributed by atoms with Crippen LogP contribution < -0.4 is 4.74 Å². The summed E-state index contributed by atoms with van der Waals surface area (Å²) in [6.07, 6.45) is 0. The van der Waals surface area contributed by atoms with Gasteiger partial charge in [0, 0.05) is 12.5 Å². The molecular formula is C18H15N3O3. The normalized spacial score (nSPS) is 11.1. The summed E-state index contributed by atoms with van der Waals surface area (Å²) in [5.74, 6) is 2.32. The number of nitrogens with zero attached hydrogens (tertiary/aromatic N) is 3. The van der Waals surface area contributed by atoms with Crippen molar-refractivity contribution in [2.75, 3.05) is 0 Å². The molecule has 2 aromatic carbocycles. The Balaban J connectivity index is 1.52. The van der Waals surface area contributed by atoms with E-state index in [0.29, 0.717) is 17.6 Å². The summed E-state index contributed by atoms with van der Waals surface area (Å²) in [4.78, 5) is 8.68. The van der Waals surface area contributed by atoms with Gasteiger partial charge in [-0.05, 0) is 42.8 Å². The van der Waals surface area contributed by atoms with Gasteiger partial charge in [-0.25, -0.2) is 4.98 Å². The highest BCUT2D eigenvalue weighted by atomic mass is 16.5. The molecular weight excluding hydrogens is 306 g/mol. The average Bonchev–Trinajstić information content (AvgIpc) is 3.17. The van der Waals surface area contributed by atoms with E-state index in [1.165, 1.54) is 0 Å². The Morgan fingerprint density at radius 3 is 2.83 bits per heavy atom. The van der Waals surface area contributed by atoms with Gasteiger partial charge in [-0.15, -0.1) is 0 Å². The van der Waals surface area contributed by atoms with Crippen LogP contribution in [-0.2, 0) is 6.61 Å². The molecule has 6 nitrogen and oxygen atoms in total. The summed E-state index contributed by atoms with van der Waals surface area (Å²) in [5.41, 5.74) is 3.46. The van der Waals surface area contributed by atoms with Gasteiger partial charge in [0.2, 0.25) is 5.82 Å². The van der Waals surface area contributed by atoms with Crippen LogP contribution in [0.3, 0.4) is 0 Å². The van der Waals surface area contributed by atoms with Gasteiger partial charge >= 0.3 is 0 Å². The minimum absolute atomic E-state index is 0.224. The van der Waals surface area contributed by atoms with E-state index in [-0.39, 0.29) is 6.61 Å². The fraction of sp³-hybridized carbons (Fsp3) is 0.167. The maximum atomic E-state index is 5.67. The van der Waals surface area contributed by atoms with E-state index >= 15 is 0 Å². The maximum absolute atomic E-state index is 5.67. The number of aromatic nitrogens is 3. The van der Waals surface area contributed by atoms with Crippen LogP contribution in [0.1, 0.15) is 17.3 Å². The summed E-state index contributed by atoms with van der Waals surface area (Å²) in [6, 6.07) is 13.4. The average molecular weight is 321 g/mol. The number of oxazole rings is 1. The van der Waals surface area contributed by atoms with E-state index in [9.17, 15) is 0 Å². The van der Waals surface area contributed by atoms with Crippen LogP contribution in [-0.4, -0.2) is 15.1 Å². The molecule has 0 N–H and O–H groups in total. The zero-order chi connectivity index (χ0) is 16.5. The van der Waals surface area contributed by atoms with Crippen LogP contribution in [0.4, 0.5) is 0 Å². The maximum Gasteiger partial charge on any atom is 0.264 e. The predicted octanol–water partition coefficient (Wildman–Crippen LogP) is 4.07. The number of hydrogen-bond acceptors (Lipinski definition) is 6. The SMILES string of the molecule is Cc1cccc(OCc2nc(-c3ccc4oc(C)nc4c3)no2)c1. The van der Waals surface area contributed by atoms with Gasteiger partial charge in [0.15, 0.2) is 18.1 Å². The van der Waals surface area contributed by atoms with Gasteiger partial charge in [0.05, 0.1) is 0 Å². The number of fused-ring (bicyclic) bond motifs is 1. The summed E-state index contributed by atoms with van der Waals surface area (Å²) in [7, 11) is 0. The minimum Gasteiger partial charge on any atom is -0.484 e. The van der Waals surface area contributed by atoms with Gasteiger partial charge < -0.3 is 13.7 Å². The molecule has 0 amide bonds. The first-order chi connectivity index (χ1) is 11.7. The third kappa shape index (κ3) is 2.86. The van der Waals surface area contributed by atoms with Crippen molar-refractivity contribution in [3.05, 3.63) is 59.8 Å². The fourth-order valence-corrected chi connectivity index (χ4v) is 2.46. The molecule has 0 fully saturated rings. The molecule has 120 valence electrons. The van der Waals surface area contributed by atoms with Crippen molar-refractivity contribution in [1.29, 1.82) is 0 Å². The van der Waals surface area contributed by atoms with E-state index in [0.717, 1.165) is 28.0 Å². The Kier molecular flexibility index (Phi) is 3.49.